The van der Waals surface area contributed by atoms with Gasteiger partial charge in [-0.05, 0) is 17.7 Å². The standard InChI is InChI=1S/C18H19F2N3O3/c1-21-18(24)16-11-23(6-7-25-16)10-12-2-5-17(22-9-12)26-15-8-13(19)3-4-14(15)20/h2-5,8-9,16H,6-7,10-11H2,1H3,(H,21,24)/t16-/m0/s1. The van der Waals surface area contributed by atoms with Crippen LogP contribution in [0.15, 0.2) is 36.5 Å². The van der Waals surface area contributed by atoms with Crippen molar-refractivity contribution in [3.63, 3.8) is 0 Å². The fraction of sp³-hybridized carbons (Fsp3) is 0.333. The fourth-order valence-corrected chi connectivity index (χ4v) is 2.66. The Bertz CT molecular complexity index is 771. The van der Waals surface area contributed by atoms with Gasteiger partial charge in [-0.2, -0.15) is 0 Å². The van der Waals surface area contributed by atoms with Crippen molar-refractivity contribution < 1.29 is 23.0 Å². The van der Waals surface area contributed by atoms with Crippen LogP contribution in [0, 0.1) is 11.6 Å². The number of carbonyl (C=O) groups is 1. The van der Waals surface area contributed by atoms with E-state index in [1.165, 1.54) is 0 Å². The second-order valence-electron chi connectivity index (χ2n) is 5.89. The molecule has 0 spiro atoms. The number of hydrogen-bond acceptors (Lipinski definition) is 5. The van der Waals surface area contributed by atoms with E-state index in [4.69, 9.17) is 9.47 Å². The van der Waals surface area contributed by atoms with E-state index in [2.05, 4.69) is 15.2 Å². The molecule has 1 saturated heterocycles. The number of halogens is 2. The smallest absolute Gasteiger partial charge is 0.250 e. The number of ether oxygens (including phenoxy) is 2. The van der Waals surface area contributed by atoms with Gasteiger partial charge in [0.15, 0.2) is 11.6 Å². The summed E-state index contributed by atoms with van der Waals surface area (Å²) in [6.45, 7) is 2.27. The van der Waals surface area contributed by atoms with Crippen LogP contribution < -0.4 is 10.1 Å². The molecule has 1 aliphatic rings. The van der Waals surface area contributed by atoms with Gasteiger partial charge in [0.1, 0.15) is 11.9 Å². The number of nitrogens with one attached hydrogen (secondary N) is 1. The predicted molar refractivity (Wildman–Crippen MR) is 89.8 cm³/mol. The van der Waals surface area contributed by atoms with Gasteiger partial charge in [-0.25, -0.2) is 13.8 Å². The minimum Gasteiger partial charge on any atom is -0.436 e. The van der Waals surface area contributed by atoms with Crippen LogP contribution in [0.5, 0.6) is 11.6 Å². The molecule has 8 heteroatoms. The second kappa shape index (κ2) is 8.20. The maximum Gasteiger partial charge on any atom is 0.250 e. The lowest BCUT2D eigenvalue weighted by molar-refractivity contribution is -0.138. The Morgan fingerprint density at radius 2 is 2.23 bits per heavy atom. The van der Waals surface area contributed by atoms with E-state index in [0.29, 0.717) is 26.2 Å². The summed E-state index contributed by atoms with van der Waals surface area (Å²) in [6, 6.07) is 6.38. The Labute approximate surface area is 149 Å². The summed E-state index contributed by atoms with van der Waals surface area (Å²) in [7, 11) is 1.58. The number of rotatable bonds is 5. The van der Waals surface area contributed by atoms with E-state index >= 15 is 0 Å². The zero-order valence-electron chi connectivity index (χ0n) is 14.2. The van der Waals surface area contributed by atoms with E-state index < -0.39 is 17.7 Å². The van der Waals surface area contributed by atoms with Gasteiger partial charge in [-0.15, -0.1) is 0 Å². The van der Waals surface area contributed by atoms with Crippen molar-refractivity contribution >= 4 is 5.91 Å². The van der Waals surface area contributed by atoms with Crippen molar-refractivity contribution in [2.75, 3.05) is 26.7 Å². The minimum atomic E-state index is -0.661. The zero-order chi connectivity index (χ0) is 18.5. The SMILES string of the molecule is CNC(=O)[C@@H]1CN(Cc2ccc(Oc3cc(F)ccc3F)nc2)CCO1. The lowest BCUT2D eigenvalue weighted by Crippen LogP contribution is -2.48. The molecule has 1 atom stereocenters. The lowest BCUT2D eigenvalue weighted by atomic mass is 10.2. The molecule has 1 amide bonds. The summed E-state index contributed by atoms with van der Waals surface area (Å²) in [5.74, 6) is -1.44. The molecule has 2 aromatic rings. The van der Waals surface area contributed by atoms with Gasteiger partial charge in [0.2, 0.25) is 11.8 Å². The van der Waals surface area contributed by atoms with Gasteiger partial charge in [0.25, 0.3) is 0 Å². The minimum absolute atomic E-state index is 0.145. The topological polar surface area (TPSA) is 63.7 Å². The highest BCUT2D eigenvalue weighted by Crippen LogP contribution is 2.24. The molecule has 138 valence electrons. The summed E-state index contributed by atoms with van der Waals surface area (Å²) in [4.78, 5) is 17.9. The number of aromatic nitrogens is 1. The molecular formula is C18H19F2N3O3. The Morgan fingerprint density at radius 1 is 1.38 bits per heavy atom. The molecule has 0 bridgehead atoms. The molecule has 0 radical (unpaired) electrons. The summed E-state index contributed by atoms with van der Waals surface area (Å²) in [6.07, 6.45) is 1.12. The van der Waals surface area contributed by atoms with Gasteiger partial charge in [0.05, 0.1) is 6.61 Å². The van der Waals surface area contributed by atoms with Crippen molar-refractivity contribution in [1.29, 1.82) is 0 Å². The Morgan fingerprint density at radius 3 is 2.96 bits per heavy atom. The van der Waals surface area contributed by atoms with Crippen LogP contribution in [0.4, 0.5) is 8.78 Å². The highest BCUT2D eigenvalue weighted by atomic mass is 19.1. The van der Waals surface area contributed by atoms with Gasteiger partial charge < -0.3 is 14.8 Å². The number of benzene rings is 1. The van der Waals surface area contributed by atoms with Crippen LogP contribution in [0.25, 0.3) is 0 Å². The molecule has 0 unspecified atom stereocenters. The molecular weight excluding hydrogens is 344 g/mol. The number of carbonyl (C=O) groups excluding carboxylic acids is 1. The average molecular weight is 363 g/mol. The molecule has 1 aromatic heterocycles. The average Bonchev–Trinajstić information content (AvgIpc) is 2.66. The third-order valence-electron chi connectivity index (χ3n) is 4.00. The van der Waals surface area contributed by atoms with Crippen LogP contribution in [-0.4, -0.2) is 48.6 Å². The van der Waals surface area contributed by atoms with Crippen molar-refractivity contribution in [2.24, 2.45) is 0 Å². The molecule has 0 aliphatic carbocycles. The number of pyridine rings is 1. The van der Waals surface area contributed by atoms with Crippen molar-refractivity contribution in [3.05, 3.63) is 53.7 Å². The molecule has 6 nitrogen and oxygen atoms in total. The van der Waals surface area contributed by atoms with Crippen molar-refractivity contribution in [2.45, 2.75) is 12.6 Å². The first-order valence-corrected chi connectivity index (χ1v) is 8.18. The molecule has 0 saturated carbocycles. The Hall–Kier alpha value is -2.58. The van der Waals surface area contributed by atoms with Gasteiger partial charge in [-0.1, -0.05) is 6.07 Å². The summed E-state index contributed by atoms with van der Waals surface area (Å²) >= 11 is 0. The first-order chi connectivity index (χ1) is 12.5. The summed E-state index contributed by atoms with van der Waals surface area (Å²) < 4.78 is 37.5. The highest BCUT2D eigenvalue weighted by molar-refractivity contribution is 5.80. The van der Waals surface area contributed by atoms with Gasteiger partial charge in [-0.3, -0.25) is 9.69 Å². The lowest BCUT2D eigenvalue weighted by Gasteiger charge is -2.31. The number of hydrogen-bond donors (Lipinski definition) is 1. The zero-order valence-corrected chi connectivity index (χ0v) is 14.2. The molecule has 1 fully saturated rings. The van der Waals surface area contributed by atoms with Gasteiger partial charge in [0, 0.05) is 45.0 Å². The summed E-state index contributed by atoms with van der Waals surface area (Å²) in [5, 5.41) is 2.58. The molecule has 1 aromatic carbocycles. The van der Waals surface area contributed by atoms with E-state index in [0.717, 1.165) is 23.8 Å². The quantitative estimate of drug-likeness (QED) is 0.881. The van der Waals surface area contributed by atoms with E-state index in [1.807, 2.05) is 0 Å². The third-order valence-corrected chi connectivity index (χ3v) is 4.00. The molecule has 2 heterocycles. The van der Waals surface area contributed by atoms with Crippen molar-refractivity contribution in [3.8, 4) is 11.6 Å². The van der Waals surface area contributed by atoms with E-state index in [-0.39, 0.29) is 17.5 Å². The largest absolute Gasteiger partial charge is 0.436 e. The number of amides is 1. The number of likely N-dealkylation sites (N-methyl/N-ethyl adjacent to an activating group) is 1. The van der Waals surface area contributed by atoms with Crippen LogP contribution in [-0.2, 0) is 16.1 Å². The van der Waals surface area contributed by atoms with E-state index in [1.54, 1.807) is 25.4 Å². The predicted octanol–water partition coefficient (Wildman–Crippen LogP) is 2.10. The van der Waals surface area contributed by atoms with Crippen molar-refractivity contribution in [1.82, 2.24) is 15.2 Å². The number of morpholine rings is 1. The fourth-order valence-electron chi connectivity index (χ4n) is 2.66. The monoisotopic (exact) mass is 363 g/mol. The van der Waals surface area contributed by atoms with Crippen LogP contribution in [0.1, 0.15) is 5.56 Å². The highest BCUT2D eigenvalue weighted by Gasteiger charge is 2.25. The second-order valence-corrected chi connectivity index (χ2v) is 5.89. The normalized spacial score (nSPS) is 17.7. The Kier molecular flexibility index (Phi) is 5.75. The maximum absolute atomic E-state index is 13.6. The van der Waals surface area contributed by atoms with Crippen LogP contribution >= 0.6 is 0 Å². The van der Waals surface area contributed by atoms with E-state index in [9.17, 15) is 13.6 Å². The first kappa shape index (κ1) is 18.2. The molecule has 1 aliphatic heterocycles. The van der Waals surface area contributed by atoms with Crippen LogP contribution in [0.2, 0.25) is 0 Å². The molecule has 26 heavy (non-hydrogen) atoms. The third kappa shape index (κ3) is 4.53. The van der Waals surface area contributed by atoms with Gasteiger partial charge >= 0.3 is 0 Å². The molecule has 1 N–H and O–H groups in total. The Balaban J connectivity index is 1.61. The maximum atomic E-state index is 13.6. The number of nitrogens with zero attached hydrogens (tertiary/aromatic N) is 2. The molecule has 3 rings (SSSR count). The van der Waals surface area contributed by atoms with Crippen LogP contribution in [0.3, 0.4) is 0 Å². The first-order valence-electron chi connectivity index (χ1n) is 8.18. The summed E-state index contributed by atoms with van der Waals surface area (Å²) in [5.41, 5.74) is 0.912.